The van der Waals surface area contributed by atoms with Crippen molar-refractivity contribution in [2.45, 2.75) is 11.3 Å². The monoisotopic (exact) mass is 679 g/mol. The van der Waals surface area contributed by atoms with Gasteiger partial charge in [0, 0.05) is 38.2 Å². The lowest BCUT2D eigenvalue weighted by Gasteiger charge is -2.16. The molecule has 8 nitrogen and oxygen atoms in total. The maximum atomic E-state index is 14.6. The summed E-state index contributed by atoms with van der Waals surface area (Å²) in [7, 11) is -4.59. The molecule has 6 rings (SSSR count). The molecule has 0 radical (unpaired) electrons. The molecule has 0 aliphatic rings. The van der Waals surface area contributed by atoms with E-state index in [1.807, 2.05) is 0 Å². The van der Waals surface area contributed by atoms with Gasteiger partial charge in [0.25, 0.3) is 16.4 Å². The first kappa shape index (κ1) is 32.0. The molecule has 12 heteroatoms. The number of aromatic hydroxyl groups is 1. The van der Waals surface area contributed by atoms with Crippen LogP contribution < -0.4 is 0 Å². The van der Waals surface area contributed by atoms with Crippen LogP contribution in [-0.4, -0.2) is 28.6 Å². The second-order valence-corrected chi connectivity index (χ2v) is 12.8. The molecule has 0 spiro atoms. The summed E-state index contributed by atoms with van der Waals surface area (Å²) in [5, 5.41) is 40.6. The van der Waals surface area contributed by atoms with Crippen molar-refractivity contribution < 1.29 is 32.2 Å². The number of aromatic nitrogens is 1. The van der Waals surface area contributed by atoms with Crippen LogP contribution in [0.3, 0.4) is 0 Å². The van der Waals surface area contributed by atoms with Gasteiger partial charge in [-0.1, -0.05) is 54.1 Å². The van der Waals surface area contributed by atoms with E-state index in [1.165, 1.54) is 54.6 Å². The zero-order valence-corrected chi connectivity index (χ0v) is 26.0. The zero-order chi connectivity index (χ0) is 34.3. The molecule has 0 aliphatic heterocycles. The van der Waals surface area contributed by atoms with Crippen molar-refractivity contribution in [2.24, 2.45) is 0 Å². The number of hydrogen-bond donors (Lipinski definition) is 2. The Morgan fingerprint density at radius 1 is 0.812 bits per heavy atom. The van der Waals surface area contributed by atoms with Gasteiger partial charge < -0.3 is 10.2 Å². The van der Waals surface area contributed by atoms with Crippen molar-refractivity contribution in [1.29, 1.82) is 10.5 Å². The number of hydrogen-bond acceptors (Lipinski definition) is 6. The van der Waals surface area contributed by atoms with Gasteiger partial charge in [-0.3, -0.25) is 0 Å². The average molecular weight is 680 g/mol. The highest BCUT2D eigenvalue weighted by molar-refractivity contribution is 7.90. The van der Waals surface area contributed by atoms with Gasteiger partial charge in [0.1, 0.15) is 5.75 Å². The average Bonchev–Trinajstić information content (AvgIpc) is 3.42. The Balaban J connectivity index is 1.76. The molecule has 0 aliphatic carbocycles. The van der Waals surface area contributed by atoms with Gasteiger partial charge in [0.05, 0.1) is 44.9 Å². The molecule has 0 fully saturated rings. The fraction of sp³-hybridized carbons (Fsp3) is 0.0278. The number of aromatic carboxylic acids is 1. The summed E-state index contributed by atoms with van der Waals surface area (Å²) >= 11 is 6.50. The molecule has 0 amide bonds. The van der Waals surface area contributed by atoms with E-state index in [2.05, 4.69) is 12.1 Å². The molecule has 48 heavy (non-hydrogen) atoms. The van der Waals surface area contributed by atoms with E-state index in [0.29, 0.717) is 11.1 Å². The number of phenols is 1. The zero-order valence-electron chi connectivity index (χ0n) is 24.4. The first-order chi connectivity index (χ1) is 23.0. The van der Waals surface area contributed by atoms with E-state index in [1.54, 1.807) is 24.3 Å². The van der Waals surface area contributed by atoms with Crippen molar-refractivity contribution in [3.05, 3.63) is 130 Å². The van der Waals surface area contributed by atoms with E-state index in [4.69, 9.17) is 11.6 Å². The number of rotatable bonds is 7. The molecule has 1 heterocycles. The highest BCUT2D eigenvalue weighted by Gasteiger charge is 2.31. The maximum Gasteiger partial charge on any atom is 0.335 e. The van der Waals surface area contributed by atoms with Crippen molar-refractivity contribution >= 4 is 38.5 Å². The molecular weight excluding hydrogens is 660 g/mol. The van der Waals surface area contributed by atoms with Crippen LogP contribution >= 0.6 is 11.6 Å². The highest BCUT2D eigenvalue weighted by Crippen LogP contribution is 2.47. The first-order valence-electron chi connectivity index (χ1n) is 14.0. The van der Waals surface area contributed by atoms with E-state index < -0.39 is 22.4 Å². The topological polar surface area (TPSA) is 144 Å². The Kier molecular flexibility index (Phi) is 8.19. The summed E-state index contributed by atoms with van der Waals surface area (Å²) in [4.78, 5) is 11.2. The third-order valence-corrected chi connectivity index (χ3v) is 9.84. The largest absolute Gasteiger partial charge is 0.508 e. The molecular formula is C36H20ClF2N3O5S. The van der Waals surface area contributed by atoms with Gasteiger partial charge >= 0.3 is 5.97 Å². The number of carboxylic acids is 1. The van der Waals surface area contributed by atoms with Crippen molar-refractivity contribution in [1.82, 2.24) is 3.97 Å². The molecule has 6 aromatic rings. The van der Waals surface area contributed by atoms with Crippen LogP contribution in [0.15, 0.2) is 108 Å². The molecule has 236 valence electrons. The minimum Gasteiger partial charge on any atom is -0.508 e. The van der Waals surface area contributed by atoms with E-state index in [-0.39, 0.29) is 71.2 Å². The van der Waals surface area contributed by atoms with Crippen molar-refractivity contribution in [2.75, 3.05) is 0 Å². The van der Waals surface area contributed by atoms with Gasteiger partial charge in [0.2, 0.25) is 0 Å². The van der Waals surface area contributed by atoms with E-state index in [9.17, 15) is 42.7 Å². The molecule has 0 bridgehead atoms. The Labute approximate surface area is 277 Å². The Bertz CT molecular complexity index is 2450. The fourth-order valence-electron chi connectivity index (χ4n) is 5.63. The molecule has 0 saturated heterocycles. The molecule has 1 aromatic heterocycles. The first-order valence-corrected chi connectivity index (χ1v) is 15.9. The molecule has 0 saturated carbocycles. The summed E-state index contributed by atoms with van der Waals surface area (Å²) in [5.41, 5.74) is 1.23. The Morgan fingerprint density at radius 2 is 1.46 bits per heavy atom. The second-order valence-electron chi connectivity index (χ2n) is 10.6. The number of nitrogens with zero attached hydrogens (tertiary/aromatic N) is 3. The van der Waals surface area contributed by atoms with Crippen molar-refractivity contribution in [3.8, 4) is 51.4 Å². The van der Waals surface area contributed by atoms with Crippen LogP contribution in [0.1, 0.15) is 33.5 Å². The molecule has 2 N–H and O–H groups in total. The minimum absolute atomic E-state index is 0.00728. The summed E-state index contributed by atoms with van der Waals surface area (Å²) in [5.74, 6) is -1.40. The molecule has 5 aromatic carbocycles. The van der Waals surface area contributed by atoms with Crippen LogP contribution in [-0.2, 0) is 10.0 Å². The predicted molar refractivity (Wildman–Crippen MR) is 175 cm³/mol. The lowest BCUT2D eigenvalue weighted by atomic mass is 9.90. The van der Waals surface area contributed by atoms with Crippen molar-refractivity contribution in [3.63, 3.8) is 0 Å². The molecule has 0 unspecified atom stereocenters. The number of fused-ring (bicyclic) bond motifs is 1. The summed E-state index contributed by atoms with van der Waals surface area (Å²) in [6, 6.07) is 27.4. The number of phenolic OH excluding ortho intramolecular Hbond substituents is 1. The van der Waals surface area contributed by atoms with Gasteiger partial charge in [-0.05, 0) is 66.2 Å². The highest BCUT2D eigenvalue weighted by atomic mass is 35.5. The Morgan fingerprint density at radius 3 is 2.06 bits per heavy atom. The lowest BCUT2D eigenvalue weighted by molar-refractivity contribution is 0.0696. The summed E-state index contributed by atoms with van der Waals surface area (Å²) < 4.78 is 56.9. The van der Waals surface area contributed by atoms with Gasteiger partial charge in [-0.15, -0.1) is 0 Å². The number of nitriles is 2. The van der Waals surface area contributed by atoms with Crippen LogP contribution in [0.25, 0.3) is 44.4 Å². The minimum atomic E-state index is -4.59. The number of benzene rings is 5. The van der Waals surface area contributed by atoms with E-state index >= 15 is 0 Å². The van der Waals surface area contributed by atoms with Gasteiger partial charge in [0.15, 0.2) is 0 Å². The number of alkyl halides is 2. The third kappa shape index (κ3) is 5.41. The summed E-state index contributed by atoms with van der Waals surface area (Å²) in [6.07, 6.45) is -2.83. The van der Waals surface area contributed by atoms with Gasteiger partial charge in [-0.2, -0.15) is 10.5 Å². The van der Waals surface area contributed by atoms with E-state index in [0.717, 1.165) is 28.2 Å². The summed E-state index contributed by atoms with van der Waals surface area (Å²) in [6.45, 7) is 0. The number of halogens is 3. The van der Waals surface area contributed by atoms with Gasteiger partial charge in [-0.25, -0.2) is 26.0 Å². The maximum absolute atomic E-state index is 14.6. The SMILES string of the molecule is N#Cc1cccc(C#N)c1-c1c(-c2cccc(-c3ccc(C(=O)O)cc3Cl)c2)n(S(=O)(=O)c2ccc(C(F)F)cc2)c2ccc(O)cc12. The number of carboxylic acid groups (broad SMARTS) is 1. The predicted octanol–water partition coefficient (Wildman–Crippen LogP) is 8.62. The number of carbonyl (C=O) groups is 1. The lowest BCUT2D eigenvalue weighted by Crippen LogP contribution is -2.14. The van der Waals surface area contributed by atoms with Crippen LogP contribution in [0.5, 0.6) is 5.75 Å². The normalized spacial score (nSPS) is 11.4. The standard InChI is InChI=1S/C36H20ClF2N3O5S/c37-30-16-23(36(44)45)9-13-28(30)21-3-1-4-22(15-21)34-33(32-24(18-40)5-2-6-25(32)19-41)29-17-26(43)10-14-31(29)42(34)48(46,47)27-11-7-20(8-12-27)35(38)39/h1-17,35,43H,(H,44,45). The van der Waals surface area contributed by atoms with Crippen LogP contribution in [0.4, 0.5) is 8.78 Å². The molecule has 0 atom stereocenters. The smallest absolute Gasteiger partial charge is 0.335 e. The third-order valence-electron chi connectivity index (χ3n) is 7.80. The second kappa shape index (κ2) is 12.3. The van der Waals surface area contributed by atoms with Crippen LogP contribution in [0, 0.1) is 22.7 Å². The quantitative estimate of drug-likeness (QED) is 0.172. The van der Waals surface area contributed by atoms with Crippen LogP contribution in [0.2, 0.25) is 5.02 Å². The Hall–Kier alpha value is -6.01. The fourth-order valence-corrected chi connectivity index (χ4v) is 7.47.